The van der Waals surface area contributed by atoms with Crippen LogP contribution >= 0.6 is 0 Å². The predicted molar refractivity (Wildman–Crippen MR) is 133 cm³/mol. The molecule has 0 bridgehead atoms. The van der Waals surface area contributed by atoms with Gasteiger partial charge >= 0.3 is 0 Å². The Kier molecular flexibility index (Phi) is 45.5. The molecule has 0 fully saturated rings. The summed E-state index contributed by atoms with van der Waals surface area (Å²) < 4.78 is 15.0. The lowest BCUT2D eigenvalue weighted by Gasteiger charge is -2.02. The van der Waals surface area contributed by atoms with Crippen molar-refractivity contribution in [3.63, 3.8) is 0 Å². The Morgan fingerprint density at radius 1 is 0.258 bits per heavy atom. The molecule has 0 heterocycles. The fourth-order valence-electron chi connectivity index (χ4n) is 2.46. The quantitative estimate of drug-likeness (QED) is 0.128. The van der Waals surface area contributed by atoms with Crippen LogP contribution in [-0.4, -0.2) is 78.9 Å². The molecule has 9 nitrogen and oxygen atoms in total. The van der Waals surface area contributed by atoms with Crippen LogP contribution in [0, 0.1) is 0 Å². The second-order valence-corrected chi connectivity index (χ2v) is 7.10. The van der Waals surface area contributed by atoms with E-state index in [1.807, 2.05) is 0 Å². The van der Waals surface area contributed by atoms with E-state index >= 15 is 0 Å². The summed E-state index contributed by atoms with van der Waals surface area (Å²) in [6.07, 6.45) is 13.4. The van der Waals surface area contributed by atoms with Gasteiger partial charge in [0.1, 0.15) is 0 Å². The zero-order chi connectivity index (χ0) is 23.7. The van der Waals surface area contributed by atoms with E-state index in [2.05, 4.69) is 0 Å². The molecule has 0 aliphatic rings. The minimum absolute atomic E-state index is 0.566. The van der Waals surface area contributed by atoms with Crippen molar-refractivity contribution in [2.75, 3.05) is 78.9 Å². The number of rotatable bonds is 22. The number of ether oxygens (including phenoxy) is 3. The van der Waals surface area contributed by atoms with Crippen molar-refractivity contribution < 1.29 is 14.2 Å². The van der Waals surface area contributed by atoms with Crippen molar-refractivity contribution in [1.29, 1.82) is 0 Å². The van der Waals surface area contributed by atoms with E-state index in [-0.39, 0.29) is 0 Å². The molecule has 0 aliphatic carbocycles. The summed E-state index contributed by atoms with van der Waals surface area (Å²) in [5.41, 5.74) is 31.4. The number of unbranched alkanes of at least 4 members (excludes halogenated alkanes) is 9. The van der Waals surface area contributed by atoms with Crippen LogP contribution < -0.4 is 34.4 Å². The molecule has 0 radical (unpaired) electrons. The normalized spacial score (nSPS) is 10.3. The highest BCUT2D eigenvalue weighted by Crippen LogP contribution is 2.09. The summed E-state index contributed by atoms with van der Waals surface area (Å²) >= 11 is 0. The number of nitrogens with two attached hydrogens (primary N) is 6. The molecular formula is C22H56N6O3. The van der Waals surface area contributed by atoms with E-state index in [4.69, 9.17) is 48.6 Å². The highest BCUT2D eigenvalue weighted by atomic mass is 16.5. The number of hydrogen-bond acceptors (Lipinski definition) is 9. The summed E-state index contributed by atoms with van der Waals surface area (Å²) in [7, 11) is 0. The lowest BCUT2D eigenvalue weighted by Crippen LogP contribution is -2.14. The van der Waals surface area contributed by atoms with Crippen LogP contribution in [0.4, 0.5) is 0 Å². The summed E-state index contributed by atoms with van der Waals surface area (Å²) in [5.74, 6) is 0. The van der Waals surface area contributed by atoms with Crippen molar-refractivity contribution >= 4 is 0 Å². The topological polar surface area (TPSA) is 184 Å². The third-order valence-corrected chi connectivity index (χ3v) is 4.08. The Bertz CT molecular complexity index is 243. The molecule has 0 aliphatic heterocycles. The van der Waals surface area contributed by atoms with Gasteiger partial charge in [-0.1, -0.05) is 51.4 Å². The molecule has 0 rings (SSSR count). The Hall–Kier alpha value is -0.360. The van der Waals surface area contributed by atoms with Gasteiger partial charge in [0.05, 0.1) is 39.6 Å². The van der Waals surface area contributed by atoms with Gasteiger partial charge in [0.2, 0.25) is 0 Å². The van der Waals surface area contributed by atoms with Gasteiger partial charge in [0.15, 0.2) is 0 Å². The monoisotopic (exact) mass is 452 g/mol. The molecular weight excluding hydrogens is 396 g/mol. The minimum Gasteiger partial charge on any atom is -0.379 e. The molecule has 0 unspecified atom stereocenters. The van der Waals surface area contributed by atoms with E-state index in [1.54, 1.807) is 0 Å². The molecule has 0 aromatic rings. The molecule has 0 saturated carbocycles. The van der Waals surface area contributed by atoms with Crippen LogP contribution in [0.3, 0.4) is 0 Å². The van der Waals surface area contributed by atoms with Crippen molar-refractivity contribution in [1.82, 2.24) is 0 Å². The maximum absolute atomic E-state index is 5.43. The van der Waals surface area contributed by atoms with Crippen LogP contribution in [0.5, 0.6) is 0 Å². The Labute approximate surface area is 192 Å². The molecule has 0 spiro atoms. The van der Waals surface area contributed by atoms with Gasteiger partial charge in [-0.05, 0) is 25.9 Å². The van der Waals surface area contributed by atoms with E-state index in [0.717, 1.165) is 13.1 Å². The van der Waals surface area contributed by atoms with Crippen LogP contribution in [0.25, 0.3) is 0 Å². The highest BCUT2D eigenvalue weighted by molar-refractivity contribution is 4.48. The van der Waals surface area contributed by atoms with Crippen molar-refractivity contribution in [2.24, 2.45) is 34.4 Å². The molecule has 9 heteroatoms. The first-order valence-electron chi connectivity index (χ1n) is 12.2. The fraction of sp³-hybridized carbons (Fsp3) is 1.00. The third-order valence-electron chi connectivity index (χ3n) is 4.08. The van der Waals surface area contributed by atoms with Gasteiger partial charge in [0, 0.05) is 26.2 Å². The molecule has 192 valence electrons. The minimum atomic E-state index is 0.566. The summed E-state index contributed by atoms with van der Waals surface area (Å²) in [6.45, 7) is 7.69. The Balaban J connectivity index is -0.000000404. The first kappa shape index (κ1) is 35.2. The summed E-state index contributed by atoms with van der Waals surface area (Å²) in [6, 6.07) is 0. The Morgan fingerprint density at radius 3 is 0.710 bits per heavy atom. The highest BCUT2D eigenvalue weighted by Gasteiger charge is 1.92. The molecule has 0 aromatic heterocycles. The maximum Gasteiger partial charge on any atom is 0.0701 e. The first-order valence-corrected chi connectivity index (χ1v) is 12.2. The van der Waals surface area contributed by atoms with Crippen LogP contribution in [0.2, 0.25) is 0 Å². The summed E-state index contributed by atoms with van der Waals surface area (Å²) in [5, 5.41) is 0. The standard InChI is InChI=1S/C12H28N2.C6H16N2O2.C4H12N2O/c13-11-9-7-5-3-1-2-4-6-8-10-12-14;7-1-3-9-5-6-10-4-2-8;5-1-3-7-4-2-6/h1-14H2;1-8H2;1-6H2. The lowest BCUT2D eigenvalue weighted by molar-refractivity contribution is 0.0538. The zero-order valence-electron chi connectivity index (χ0n) is 20.2. The fourth-order valence-corrected chi connectivity index (χ4v) is 2.46. The maximum atomic E-state index is 5.43. The van der Waals surface area contributed by atoms with Crippen molar-refractivity contribution in [3.05, 3.63) is 0 Å². The van der Waals surface area contributed by atoms with Gasteiger partial charge in [0.25, 0.3) is 0 Å². The second-order valence-electron chi connectivity index (χ2n) is 7.10. The molecule has 31 heavy (non-hydrogen) atoms. The van der Waals surface area contributed by atoms with Crippen molar-refractivity contribution in [3.8, 4) is 0 Å². The molecule has 12 N–H and O–H groups in total. The van der Waals surface area contributed by atoms with Gasteiger partial charge in [-0.25, -0.2) is 0 Å². The zero-order valence-corrected chi connectivity index (χ0v) is 20.2. The van der Waals surface area contributed by atoms with Crippen LogP contribution in [0.1, 0.15) is 64.2 Å². The number of hydrogen-bond donors (Lipinski definition) is 6. The molecule has 0 amide bonds. The second kappa shape index (κ2) is 40.0. The largest absolute Gasteiger partial charge is 0.379 e. The van der Waals surface area contributed by atoms with Crippen LogP contribution in [-0.2, 0) is 14.2 Å². The predicted octanol–water partition coefficient (Wildman–Crippen LogP) is 0.662. The molecule has 0 atom stereocenters. The average molecular weight is 453 g/mol. The van der Waals surface area contributed by atoms with Crippen LogP contribution in [0.15, 0.2) is 0 Å². The van der Waals surface area contributed by atoms with Gasteiger partial charge < -0.3 is 48.6 Å². The summed E-state index contributed by atoms with van der Waals surface area (Å²) in [4.78, 5) is 0. The Morgan fingerprint density at radius 2 is 0.484 bits per heavy atom. The SMILES string of the molecule is NCCCCCCCCCCCCN.NCCOCCN.NCCOCCOCCN. The van der Waals surface area contributed by atoms with Crippen molar-refractivity contribution in [2.45, 2.75) is 64.2 Å². The van der Waals surface area contributed by atoms with Gasteiger partial charge in [-0.15, -0.1) is 0 Å². The molecule has 0 aromatic carbocycles. The third kappa shape index (κ3) is 48.4. The van der Waals surface area contributed by atoms with E-state index in [0.29, 0.717) is 65.8 Å². The smallest absolute Gasteiger partial charge is 0.0701 e. The van der Waals surface area contributed by atoms with E-state index in [9.17, 15) is 0 Å². The molecule has 0 saturated heterocycles. The van der Waals surface area contributed by atoms with E-state index < -0.39 is 0 Å². The van der Waals surface area contributed by atoms with Gasteiger partial charge in [-0.3, -0.25) is 0 Å². The lowest BCUT2D eigenvalue weighted by atomic mass is 10.1. The van der Waals surface area contributed by atoms with Gasteiger partial charge in [-0.2, -0.15) is 0 Å². The average Bonchev–Trinajstić information content (AvgIpc) is 2.79. The van der Waals surface area contributed by atoms with E-state index in [1.165, 1.54) is 64.2 Å². The first-order chi connectivity index (χ1) is 15.2.